The molecule has 10 heteroatoms. The molecule has 0 amide bonds. The lowest BCUT2D eigenvalue weighted by Crippen LogP contribution is -2.43. The quantitative estimate of drug-likeness (QED) is 0.414. The molecule has 0 saturated carbocycles. The Balaban J connectivity index is 1.25. The molecule has 6 rings (SSSR count). The van der Waals surface area contributed by atoms with Crippen LogP contribution in [0.3, 0.4) is 0 Å². The average molecular weight is 454 g/mol. The van der Waals surface area contributed by atoms with E-state index in [0.717, 1.165) is 65.7 Å². The second-order valence-corrected chi connectivity index (χ2v) is 8.13. The number of rotatable bonds is 5. The summed E-state index contributed by atoms with van der Waals surface area (Å²) in [7, 11) is 0. The van der Waals surface area contributed by atoms with E-state index in [1.54, 1.807) is 10.8 Å². The third kappa shape index (κ3) is 3.95. The van der Waals surface area contributed by atoms with Gasteiger partial charge in [-0.1, -0.05) is 0 Å². The van der Waals surface area contributed by atoms with Gasteiger partial charge < -0.3 is 20.3 Å². The summed E-state index contributed by atoms with van der Waals surface area (Å²) in [5.74, 6) is 3.08. The third-order valence-electron chi connectivity index (χ3n) is 5.83. The van der Waals surface area contributed by atoms with Gasteiger partial charge >= 0.3 is 0 Å². The zero-order chi connectivity index (χ0) is 22.9. The summed E-state index contributed by atoms with van der Waals surface area (Å²) in [5, 5.41) is 10.9. The Kier molecular flexibility index (Phi) is 5.11. The number of pyridine rings is 2. The second-order valence-electron chi connectivity index (χ2n) is 8.13. The van der Waals surface area contributed by atoms with E-state index in [4.69, 9.17) is 9.72 Å². The van der Waals surface area contributed by atoms with E-state index >= 15 is 0 Å². The van der Waals surface area contributed by atoms with Crippen molar-refractivity contribution in [3.8, 4) is 11.5 Å². The van der Waals surface area contributed by atoms with Crippen LogP contribution in [0, 0.1) is 6.92 Å². The Morgan fingerprint density at radius 2 is 1.88 bits per heavy atom. The van der Waals surface area contributed by atoms with Crippen LogP contribution in [0.15, 0.2) is 61.3 Å². The Hall–Kier alpha value is -4.31. The van der Waals surface area contributed by atoms with Crippen LogP contribution in [0.5, 0.6) is 11.5 Å². The van der Waals surface area contributed by atoms with Crippen LogP contribution in [0.4, 0.5) is 17.3 Å². The standard InChI is InChI=1S/C24H23N9O/c1-16-12-17(2-4-20(16)34-18-6-9-33-22(13-18)27-15-29-33)30-24-23-19(26-14-28-24)3-5-21(31-23)32-10-7-25-8-11-32/h2-6,9,12-15,25H,7-8,10-11H2,1H3,(H,26,28,30). The Morgan fingerprint density at radius 3 is 2.76 bits per heavy atom. The number of ether oxygens (including phenoxy) is 1. The number of nitrogens with one attached hydrogen (secondary N) is 2. The zero-order valence-corrected chi connectivity index (χ0v) is 18.6. The number of piperazine rings is 1. The smallest absolute Gasteiger partial charge is 0.160 e. The molecule has 170 valence electrons. The minimum Gasteiger partial charge on any atom is -0.457 e. The molecular formula is C24H23N9O. The van der Waals surface area contributed by atoms with Gasteiger partial charge in [0, 0.05) is 44.1 Å². The van der Waals surface area contributed by atoms with Crippen LogP contribution in [0.1, 0.15) is 5.56 Å². The van der Waals surface area contributed by atoms with Crippen LogP contribution >= 0.6 is 0 Å². The average Bonchev–Trinajstić information content (AvgIpc) is 3.34. The fraction of sp³-hybridized carbons (Fsp3) is 0.208. The van der Waals surface area contributed by atoms with Crippen molar-refractivity contribution < 1.29 is 4.74 Å². The van der Waals surface area contributed by atoms with Gasteiger partial charge in [0.1, 0.15) is 35.5 Å². The summed E-state index contributed by atoms with van der Waals surface area (Å²) in [6.45, 7) is 5.78. The van der Waals surface area contributed by atoms with Gasteiger partial charge in [0.05, 0.1) is 5.52 Å². The van der Waals surface area contributed by atoms with E-state index in [2.05, 4.69) is 35.6 Å². The predicted molar refractivity (Wildman–Crippen MR) is 130 cm³/mol. The molecule has 0 radical (unpaired) electrons. The highest BCUT2D eigenvalue weighted by molar-refractivity contribution is 5.88. The van der Waals surface area contributed by atoms with E-state index in [0.29, 0.717) is 11.6 Å². The molecule has 1 saturated heterocycles. The van der Waals surface area contributed by atoms with Crippen molar-refractivity contribution >= 4 is 34.0 Å². The monoisotopic (exact) mass is 453 g/mol. The van der Waals surface area contributed by atoms with Gasteiger partial charge in [0.15, 0.2) is 11.5 Å². The molecule has 1 aliphatic heterocycles. The maximum absolute atomic E-state index is 6.09. The number of anilines is 3. The largest absolute Gasteiger partial charge is 0.457 e. The molecule has 1 aliphatic rings. The van der Waals surface area contributed by atoms with Crippen LogP contribution < -0.4 is 20.3 Å². The predicted octanol–water partition coefficient (Wildman–Crippen LogP) is 3.32. The molecule has 0 atom stereocenters. The van der Waals surface area contributed by atoms with Crippen molar-refractivity contribution in [2.45, 2.75) is 6.92 Å². The molecule has 5 aromatic rings. The summed E-state index contributed by atoms with van der Waals surface area (Å²) in [6, 6.07) is 13.7. The molecule has 2 N–H and O–H groups in total. The lowest BCUT2D eigenvalue weighted by atomic mass is 10.2. The molecule has 10 nitrogen and oxygen atoms in total. The first kappa shape index (κ1) is 20.3. The number of aromatic nitrogens is 6. The Labute approximate surface area is 195 Å². The zero-order valence-electron chi connectivity index (χ0n) is 18.6. The van der Waals surface area contributed by atoms with Gasteiger partial charge in [-0.2, -0.15) is 5.10 Å². The lowest BCUT2D eigenvalue weighted by Gasteiger charge is -2.28. The molecule has 1 fully saturated rings. The van der Waals surface area contributed by atoms with E-state index in [9.17, 15) is 0 Å². The molecular weight excluding hydrogens is 430 g/mol. The topological polar surface area (TPSA) is 105 Å². The Morgan fingerprint density at radius 1 is 0.971 bits per heavy atom. The van der Waals surface area contributed by atoms with Gasteiger partial charge in [-0.25, -0.2) is 24.5 Å². The number of hydrogen-bond acceptors (Lipinski definition) is 9. The molecule has 5 heterocycles. The van der Waals surface area contributed by atoms with Gasteiger partial charge in [-0.05, 0) is 48.9 Å². The van der Waals surface area contributed by atoms with Crippen LogP contribution in [0.25, 0.3) is 16.7 Å². The molecule has 0 aliphatic carbocycles. The summed E-state index contributed by atoms with van der Waals surface area (Å²) in [6.07, 6.45) is 4.90. The van der Waals surface area contributed by atoms with Crippen LogP contribution in [-0.2, 0) is 0 Å². The highest BCUT2D eigenvalue weighted by atomic mass is 16.5. The van der Waals surface area contributed by atoms with Crippen molar-refractivity contribution in [1.29, 1.82) is 0 Å². The molecule has 4 aromatic heterocycles. The van der Waals surface area contributed by atoms with Gasteiger partial charge in [-0.15, -0.1) is 0 Å². The minimum absolute atomic E-state index is 0.673. The minimum atomic E-state index is 0.673. The van der Waals surface area contributed by atoms with Crippen molar-refractivity contribution in [2.24, 2.45) is 0 Å². The third-order valence-corrected chi connectivity index (χ3v) is 5.83. The lowest BCUT2D eigenvalue weighted by molar-refractivity contribution is 0.478. The first-order valence-corrected chi connectivity index (χ1v) is 11.2. The first-order chi connectivity index (χ1) is 16.7. The van der Waals surface area contributed by atoms with Crippen molar-refractivity contribution in [1.82, 2.24) is 34.9 Å². The van der Waals surface area contributed by atoms with Crippen LogP contribution in [0.2, 0.25) is 0 Å². The Bertz CT molecular complexity index is 1480. The number of fused-ring (bicyclic) bond motifs is 2. The number of hydrogen-bond donors (Lipinski definition) is 2. The second kappa shape index (κ2) is 8.56. The first-order valence-electron chi connectivity index (χ1n) is 11.2. The molecule has 0 bridgehead atoms. The number of nitrogens with zero attached hydrogens (tertiary/aromatic N) is 7. The SMILES string of the molecule is Cc1cc(Nc2ncnc3ccc(N4CCNCC4)nc23)ccc1Oc1ccn2ncnc2c1. The summed E-state index contributed by atoms with van der Waals surface area (Å²) >= 11 is 0. The van der Waals surface area contributed by atoms with Gasteiger partial charge in [0.2, 0.25) is 0 Å². The van der Waals surface area contributed by atoms with E-state index < -0.39 is 0 Å². The molecule has 1 aromatic carbocycles. The fourth-order valence-electron chi connectivity index (χ4n) is 4.06. The van der Waals surface area contributed by atoms with Crippen molar-refractivity contribution in [3.63, 3.8) is 0 Å². The maximum Gasteiger partial charge on any atom is 0.160 e. The highest BCUT2D eigenvalue weighted by Crippen LogP contribution is 2.30. The molecule has 0 spiro atoms. The number of benzene rings is 1. The maximum atomic E-state index is 6.09. The summed E-state index contributed by atoms with van der Waals surface area (Å²) < 4.78 is 7.78. The number of aryl methyl sites for hydroxylation is 1. The highest BCUT2D eigenvalue weighted by Gasteiger charge is 2.14. The molecule has 0 unspecified atom stereocenters. The van der Waals surface area contributed by atoms with E-state index in [1.165, 1.54) is 6.33 Å². The van der Waals surface area contributed by atoms with Crippen molar-refractivity contribution in [2.75, 3.05) is 36.4 Å². The van der Waals surface area contributed by atoms with Crippen molar-refractivity contribution in [3.05, 3.63) is 66.9 Å². The van der Waals surface area contributed by atoms with E-state index in [-0.39, 0.29) is 0 Å². The van der Waals surface area contributed by atoms with Gasteiger partial charge in [-0.3, -0.25) is 0 Å². The fourth-order valence-corrected chi connectivity index (χ4v) is 4.06. The normalized spacial score (nSPS) is 14.0. The van der Waals surface area contributed by atoms with E-state index in [1.807, 2.05) is 55.6 Å². The summed E-state index contributed by atoms with van der Waals surface area (Å²) in [5.41, 5.74) is 4.16. The molecule has 34 heavy (non-hydrogen) atoms. The van der Waals surface area contributed by atoms with Crippen LogP contribution in [-0.4, -0.2) is 55.7 Å². The summed E-state index contributed by atoms with van der Waals surface area (Å²) in [4.78, 5) is 20.2. The van der Waals surface area contributed by atoms with Gasteiger partial charge in [0.25, 0.3) is 0 Å².